The maximum atomic E-state index is 13.5. The Kier molecular flexibility index (Phi) is 10.7. The highest BCUT2D eigenvalue weighted by Crippen LogP contribution is 2.33. The predicted molar refractivity (Wildman–Crippen MR) is 150 cm³/mol. The van der Waals surface area contributed by atoms with Crippen LogP contribution in [0.4, 0.5) is 58.7 Å². The van der Waals surface area contributed by atoms with Gasteiger partial charge in [-0.25, -0.2) is 35.9 Å². The molecule has 0 spiro atoms. The van der Waals surface area contributed by atoms with E-state index in [1.165, 1.54) is 0 Å². The van der Waals surface area contributed by atoms with Crippen molar-refractivity contribution in [1.82, 2.24) is 0 Å². The van der Waals surface area contributed by atoms with Crippen molar-refractivity contribution in [2.24, 2.45) is 0 Å². The van der Waals surface area contributed by atoms with E-state index in [-0.39, 0.29) is 12.1 Å². The molecule has 0 unspecified atom stereocenters. The number of carbonyl (C=O) groups excluding carboxylic acids is 2. The Labute approximate surface area is 249 Å². The van der Waals surface area contributed by atoms with Crippen LogP contribution in [0.3, 0.4) is 0 Å². The lowest BCUT2D eigenvalue weighted by Crippen LogP contribution is -2.21. The van der Waals surface area contributed by atoms with E-state index in [1.807, 2.05) is 10.6 Å². The zero-order chi connectivity index (χ0) is 31.1. The summed E-state index contributed by atoms with van der Waals surface area (Å²) in [5, 5.41) is 27.1. The van der Waals surface area contributed by atoms with Crippen LogP contribution in [0.5, 0.6) is 11.5 Å². The first-order chi connectivity index (χ1) is 19.8. The predicted octanol–water partition coefficient (Wildman–Crippen LogP) is 8.43. The minimum absolute atomic E-state index is 0.182. The van der Waals surface area contributed by atoms with Gasteiger partial charge in [0.15, 0.2) is 46.4 Å². The van der Waals surface area contributed by atoms with Gasteiger partial charge in [0.1, 0.15) is 11.4 Å². The van der Waals surface area contributed by atoms with E-state index < -0.39 is 69.8 Å². The van der Waals surface area contributed by atoms with Crippen LogP contribution in [0.1, 0.15) is 0 Å². The molecule has 0 aliphatic rings. The second-order valence-electron chi connectivity index (χ2n) is 7.87. The highest BCUT2D eigenvalue weighted by atomic mass is 79.9. The van der Waals surface area contributed by atoms with Gasteiger partial charge in [-0.2, -0.15) is 0 Å². The Hall–Kier alpha value is -4.44. The number of amides is 4. The molecule has 0 fully saturated rings. The summed E-state index contributed by atoms with van der Waals surface area (Å²) in [6, 6.07) is 11.5. The standard InChI is InChI=1S/2C13H8BrF3N2O2/c2*14-6-3-1-2-4-9(6)18-13(21)19-11-10(17)7(15)5-8(16)12(11)20/h2*1-5,20H,(H2,18,19,21). The monoisotopic (exact) mass is 720 g/mol. The van der Waals surface area contributed by atoms with Crippen LogP contribution >= 0.6 is 31.9 Å². The molecule has 0 aliphatic heterocycles. The van der Waals surface area contributed by atoms with Gasteiger partial charge in [-0.1, -0.05) is 24.3 Å². The molecule has 0 atom stereocenters. The first-order valence-electron chi connectivity index (χ1n) is 11.2. The fourth-order valence-electron chi connectivity index (χ4n) is 3.06. The number of urea groups is 2. The number of hydrogen-bond donors (Lipinski definition) is 6. The average Bonchev–Trinajstić information content (AvgIpc) is 2.94. The van der Waals surface area contributed by atoms with Crippen LogP contribution in [0.2, 0.25) is 0 Å². The Balaban J connectivity index is 0.000000230. The van der Waals surface area contributed by atoms with E-state index in [1.54, 1.807) is 48.5 Å². The summed E-state index contributed by atoms with van der Waals surface area (Å²) in [6.07, 6.45) is 0. The zero-order valence-corrected chi connectivity index (χ0v) is 23.7. The lowest BCUT2D eigenvalue weighted by Gasteiger charge is -2.11. The number of anilines is 4. The summed E-state index contributed by atoms with van der Waals surface area (Å²) in [5.74, 6) is -11.3. The minimum atomic E-state index is -1.56. The molecule has 4 rings (SSSR count). The Morgan fingerprint density at radius 2 is 0.881 bits per heavy atom. The third-order valence-corrected chi connectivity index (χ3v) is 6.40. The highest BCUT2D eigenvalue weighted by Gasteiger charge is 2.21. The van der Waals surface area contributed by atoms with Crippen molar-refractivity contribution in [1.29, 1.82) is 0 Å². The summed E-state index contributed by atoms with van der Waals surface area (Å²) in [6.45, 7) is 0. The van der Waals surface area contributed by atoms with Gasteiger partial charge in [-0.15, -0.1) is 0 Å². The molecule has 220 valence electrons. The Morgan fingerprint density at radius 1 is 0.548 bits per heavy atom. The van der Waals surface area contributed by atoms with Crippen molar-refractivity contribution in [3.8, 4) is 11.5 Å². The number of phenols is 2. The maximum Gasteiger partial charge on any atom is 0.323 e. The number of benzene rings is 4. The maximum absolute atomic E-state index is 13.5. The van der Waals surface area contributed by atoms with E-state index in [4.69, 9.17) is 0 Å². The first kappa shape index (κ1) is 32.1. The number of halogens is 8. The average molecular weight is 722 g/mol. The van der Waals surface area contributed by atoms with Crippen LogP contribution in [-0.2, 0) is 0 Å². The minimum Gasteiger partial charge on any atom is -0.503 e. The first-order valence-corrected chi connectivity index (χ1v) is 12.8. The van der Waals surface area contributed by atoms with Gasteiger partial charge in [0, 0.05) is 21.1 Å². The molecule has 0 aliphatic carbocycles. The molecule has 0 bridgehead atoms. The van der Waals surface area contributed by atoms with Gasteiger partial charge in [0.25, 0.3) is 0 Å². The molecule has 0 aromatic heterocycles. The second kappa shape index (κ2) is 14.0. The summed E-state index contributed by atoms with van der Waals surface area (Å²) < 4.78 is 80.4. The lowest BCUT2D eigenvalue weighted by atomic mass is 10.2. The highest BCUT2D eigenvalue weighted by molar-refractivity contribution is 9.11. The molecule has 0 saturated heterocycles. The molecule has 4 aromatic rings. The molecule has 0 saturated carbocycles. The van der Waals surface area contributed by atoms with Crippen molar-refractivity contribution in [2.75, 3.05) is 21.3 Å². The summed E-state index contributed by atoms with van der Waals surface area (Å²) in [4.78, 5) is 23.4. The van der Waals surface area contributed by atoms with Crippen LogP contribution in [-0.4, -0.2) is 22.3 Å². The molecule has 4 amide bonds. The third kappa shape index (κ3) is 7.85. The fraction of sp³-hybridized carbons (Fsp3) is 0. The summed E-state index contributed by atoms with van der Waals surface area (Å²) >= 11 is 6.35. The fourth-order valence-corrected chi connectivity index (χ4v) is 3.83. The quantitative estimate of drug-likeness (QED) is 0.0720. The lowest BCUT2D eigenvalue weighted by molar-refractivity contribution is 0.261. The van der Waals surface area contributed by atoms with Crippen molar-refractivity contribution in [2.45, 2.75) is 0 Å². The van der Waals surface area contributed by atoms with E-state index in [0.29, 0.717) is 20.3 Å². The van der Waals surface area contributed by atoms with E-state index in [9.17, 15) is 46.1 Å². The van der Waals surface area contributed by atoms with Crippen LogP contribution < -0.4 is 21.3 Å². The smallest absolute Gasteiger partial charge is 0.323 e. The molecular weight excluding hydrogens is 706 g/mol. The number of carbonyl (C=O) groups is 2. The topological polar surface area (TPSA) is 123 Å². The second-order valence-corrected chi connectivity index (χ2v) is 9.58. The molecule has 0 radical (unpaired) electrons. The Bertz CT molecular complexity index is 1490. The van der Waals surface area contributed by atoms with E-state index in [0.717, 1.165) is 0 Å². The SMILES string of the molecule is O=C(Nc1ccccc1Br)Nc1c(O)c(F)cc(F)c1F.O=C(Nc1ccccc1Br)Nc1c(O)c(F)cc(F)c1F. The Morgan fingerprint density at radius 3 is 1.21 bits per heavy atom. The number of phenolic OH excluding ortho intramolecular Hbond substituents is 2. The van der Waals surface area contributed by atoms with Crippen molar-refractivity contribution in [3.05, 3.63) is 105 Å². The van der Waals surface area contributed by atoms with E-state index in [2.05, 4.69) is 42.5 Å². The third-order valence-electron chi connectivity index (χ3n) is 5.01. The molecule has 42 heavy (non-hydrogen) atoms. The van der Waals surface area contributed by atoms with Crippen LogP contribution in [0, 0.1) is 34.9 Å². The van der Waals surface area contributed by atoms with Gasteiger partial charge >= 0.3 is 12.1 Å². The van der Waals surface area contributed by atoms with Crippen molar-refractivity contribution >= 4 is 66.7 Å². The molecule has 16 heteroatoms. The molecule has 8 nitrogen and oxygen atoms in total. The van der Waals surface area contributed by atoms with Crippen LogP contribution in [0.15, 0.2) is 69.6 Å². The van der Waals surface area contributed by atoms with Gasteiger partial charge in [0.2, 0.25) is 0 Å². The number of aromatic hydroxyl groups is 2. The van der Waals surface area contributed by atoms with Gasteiger partial charge in [-0.05, 0) is 56.1 Å². The van der Waals surface area contributed by atoms with E-state index >= 15 is 0 Å². The summed E-state index contributed by atoms with van der Waals surface area (Å²) in [5.41, 5.74) is -1.24. The van der Waals surface area contributed by atoms with Crippen molar-refractivity contribution < 1.29 is 46.1 Å². The van der Waals surface area contributed by atoms with Crippen molar-refractivity contribution in [3.63, 3.8) is 0 Å². The number of hydrogen-bond acceptors (Lipinski definition) is 4. The molecule has 6 N–H and O–H groups in total. The molecule has 0 heterocycles. The van der Waals surface area contributed by atoms with Gasteiger partial charge < -0.3 is 31.5 Å². The number of rotatable bonds is 4. The van der Waals surface area contributed by atoms with Crippen LogP contribution in [0.25, 0.3) is 0 Å². The number of para-hydroxylation sites is 2. The van der Waals surface area contributed by atoms with Gasteiger partial charge in [-0.3, -0.25) is 0 Å². The largest absolute Gasteiger partial charge is 0.503 e. The normalized spacial score (nSPS) is 10.3. The van der Waals surface area contributed by atoms with Gasteiger partial charge in [0.05, 0.1) is 11.4 Å². The number of nitrogens with one attached hydrogen (secondary N) is 4. The molecule has 4 aromatic carbocycles. The summed E-state index contributed by atoms with van der Waals surface area (Å²) in [7, 11) is 0. The molecular formula is C26H16Br2F6N4O4. The zero-order valence-electron chi connectivity index (χ0n) is 20.5.